The van der Waals surface area contributed by atoms with Gasteiger partial charge in [-0.3, -0.25) is 0 Å². The molecule has 1 aromatic heterocycles. The van der Waals surface area contributed by atoms with Crippen LogP contribution >= 0.6 is 0 Å². The van der Waals surface area contributed by atoms with Gasteiger partial charge in [0.15, 0.2) is 0 Å². The van der Waals surface area contributed by atoms with E-state index in [0.717, 1.165) is 24.2 Å². The second-order valence-electron chi connectivity index (χ2n) is 4.01. The lowest BCUT2D eigenvalue weighted by Gasteiger charge is -2.35. The van der Waals surface area contributed by atoms with Gasteiger partial charge in [-0.05, 0) is 19.8 Å². The summed E-state index contributed by atoms with van der Waals surface area (Å²) in [6.07, 6.45) is 3.92. The van der Waals surface area contributed by atoms with E-state index in [1.54, 1.807) is 7.11 Å². The normalized spacial score (nSPS) is 23.7. The van der Waals surface area contributed by atoms with Crippen molar-refractivity contribution in [1.82, 2.24) is 9.97 Å². The molecule has 0 atom stereocenters. The van der Waals surface area contributed by atoms with Crippen LogP contribution in [0.5, 0.6) is 0 Å². The Morgan fingerprint density at radius 2 is 2.06 bits per heavy atom. The first-order chi connectivity index (χ1) is 7.74. The molecule has 6 nitrogen and oxygen atoms in total. The highest BCUT2D eigenvalue weighted by molar-refractivity contribution is 5.56. The van der Waals surface area contributed by atoms with Crippen molar-refractivity contribution in [2.75, 3.05) is 17.9 Å². The van der Waals surface area contributed by atoms with Gasteiger partial charge in [0.05, 0.1) is 6.10 Å². The molecule has 0 amide bonds. The van der Waals surface area contributed by atoms with Gasteiger partial charge in [-0.1, -0.05) is 0 Å². The molecule has 1 saturated carbocycles. The van der Waals surface area contributed by atoms with Crippen molar-refractivity contribution in [2.45, 2.75) is 31.9 Å². The number of methoxy groups -OCH3 is 1. The lowest BCUT2D eigenvalue weighted by Crippen LogP contribution is -2.40. The molecule has 16 heavy (non-hydrogen) atoms. The number of aromatic nitrogens is 2. The van der Waals surface area contributed by atoms with Gasteiger partial charge in [0, 0.05) is 18.7 Å². The van der Waals surface area contributed by atoms with E-state index in [-0.39, 0.29) is 0 Å². The van der Waals surface area contributed by atoms with Crippen LogP contribution in [-0.4, -0.2) is 29.2 Å². The lowest BCUT2D eigenvalue weighted by atomic mass is 9.89. The average Bonchev–Trinajstić information content (AvgIpc) is 2.25. The fourth-order valence-corrected chi connectivity index (χ4v) is 1.81. The Kier molecular flexibility index (Phi) is 3.21. The van der Waals surface area contributed by atoms with Crippen LogP contribution in [-0.2, 0) is 4.74 Å². The summed E-state index contributed by atoms with van der Waals surface area (Å²) in [6.45, 7) is 1.93. The summed E-state index contributed by atoms with van der Waals surface area (Å²) in [4.78, 5) is 8.23. The Hall–Kier alpha value is -1.40. The van der Waals surface area contributed by atoms with Crippen LogP contribution in [0, 0.1) is 6.92 Å². The molecule has 4 N–H and O–H groups in total. The van der Waals surface area contributed by atoms with Gasteiger partial charge >= 0.3 is 0 Å². The summed E-state index contributed by atoms with van der Waals surface area (Å²) in [5.74, 6) is 6.84. The third-order valence-corrected chi connectivity index (χ3v) is 2.99. The standard InChI is InChI=1S/C10H17N5O/c1-6-9(12-5-13-10(6)15-11)14-7-3-8(4-7)16-2/h5,7-8H,3-4,11H2,1-2H3,(H2,12,13,14,15). The van der Waals surface area contributed by atoms with Crippen LogP contribution in [0.4, 0.5) is 11.6 Å². The molecule has 0 aromatic carbocycles. The first-order valence-corrected chi connectivity index (χ1v) is 5.32. The maximum absolute atomic E-state index is 5.35. The Morgan fingerprint density at radius 3 is 2.69 bits per heavy atom. The summed E-state index contributed by atoms with van der Waals surface area (Å²) in [5.41, 5.74) is 3.49. The van der Waals surface area contributed by atoms with E-state index >= 15 is 0 Å². The number of ether oxygens (including phenoxy) is 1. The third-order valence-electron chi connectivity index (χ3n) is 2.99. The number of anilines is 2. The minimum Gasteiger partial charge on any atom is -0.381 e. The zero-order valence-electron chi connectivity index (χ0n) is 9.53. The largest absolute Gasteiger partial charge is 0.381 e. The van der Waals surface area contributed by atoms with Gasteiger partial charge in [-0.25, -0.2) is 15.8 Å². The monoisotopic (exact) mass is 223 g/mol. The number of hydrogen-bond acceptors (Lipinski definition) is 6. The van der Waals surface area contributed by atoms with E-state index < -0.39 is 0 Å². The van der Waals surface area contributed by atoms with Gasteiger partial charge in [-0.15, -0.1) is 0 Å². The number of nitrogens with two attached hydrogens (primary N) is 1. The summed E-state index contributed by atoms with van der Waals surface area (Å²) in [6, 6.07) is 0.434. The first-order valence-electron chi connectivity index (χ1n) is 5.32. The first kappa shape index (κ1) is 11.1. The average molecular weight is 223 g/mol. The van der Waals surface area contributed by atoms with E-state index in [0.29, 0.717) is 18.0 Å². The van der Waals surface area contributed by atoms with Gasteiger partial charge in [0.2, 0.25) is 0 Å². The van der Waals surface area contributed by atoms with Crippen LogP contribution < -0.4 is 16.6 Å². The van der Waals surface area contributed by atoms with Crippen LogP contribution in [0.1, 0.15) is 18.4 Å². The van der Waals surface area contributed by atoms with Crippen LogP contribution in [0.2, 0.25) is 0 Å². The number of nitrogens with zero attached hydrogens (tertiary/aromatic N) is 2. The zero-order valence-corrected chi connectivity index (χ0v) is 9.53. The molecule has 88 valence electrons. The number of hydrazine groups is 1. The van der Waals surface area contributed by atoms with Crippen molar-refractivity contribution in [1.29, 1.82) is 0 Å². The fourth-order valence-electron chi connectivity index (χ4n) is 1.81. The van der Waals surface area contributed by atoms with Gasteiger partial charge in [-0.2, -0.15) is 0 Å². The highest BCUT2D eigenvalue weighted by Gasteiger charge is 2.29. The van der Waals surface area contributed by atoms with E-state index in [9.17, 15) is 0 Å². The summed E-state index contributed by atoms with van der Waals surface area (Å²) >= 11 is 0. The molecule has 1 aromatic rings. The molecule has 6 heteroatoms. The quantitative estimate of drug-likeness (QED) is 0.513. The van der Waals surface area contributed by atoms with Gasteiger partial charge < -0.3 is 15.5 Å². The molecule has 0 bridgehead atoms. The van der Waals surface area contributed by atoms with Crippen molar-refractivity contribution in [2.24, 2.45) is 5.84 Å². The summed E-state index contributed by atoms with van der Waals surface area (Å²) in [5, 5.41) is 3.36. The lowest BCUT2D eigenvalue weighted by molar-refractivity contribution is 0.0328. The second-order valence-corrected chi connectivity index (χ2v) is 4.01. The molecule has 1 fully saturated rings. The molecule has 0 aliphatic heterocycles. The molecule has 2 rings (SSSR count). The minimum absolute atomic E-state index is 0.381. The predicted octanol–water partition coefficient (Wildman–Crippen LogP) is 0.660. The SMILES string of the molecule is COC1CC(Nc2ncnc(NN)c2C)C1. The summed E-state index contributed by atoms with van der Waals surface area (Å²) in [7, 11) is 1.74. The highest BCUT2D eigenvalue weighted by Crippen LogP contribution is 2.27. The van der Waals surface area contributed by atoms with Crippen molar-refractivity contribution in [3.63, 3.8) is 0 Å². The van der Waals surface area contributed by atoms with E-state index in [2.05, 4.69) is 20.7 Å². The Labute approximate surface area is 94.6 Å². The molecule has 0 spiro atoms. The van der Waals surface area contributed by atoms with Crippen molar-refractivity contribution >= 4 is 11.6 Å². The molecular formula is C10H17N5O. The van der Waals surface area contributed by atoms with E-state index in [1.807, 2.05) is 6.92 Å². The zero-order chi connectivity index (χ0) is 11.5. The number of rotatable bonds is 4. The van der Waals surface area contributed by atoms with Crippen LogP contribution in [0.3, 0.4) is 0 Å². The predicted molar refractivity (Wildman–Crippen MR) is 62.0 cm³/mol. The number of nitrogen functional groups attached to an aromatic ring is 1. The summed E-state index contributed by atoms with van der Waals surface area (Å²) < 4.78 is 5.22. The van der Waals surface area contributed by atoms with Crippen molar-refractivity contribution in [3.05, 3.63) is 11.9 Å². The highest BCUT2D eigenvalue weighted by atomic mass is 16.5. The Bertz CT molecular complexity index is 364. The number of hydrogen-bond donors (Lipinski definition) is 3. The molecule has 1 heterocycles. The van der Waals surface area contributed by atoms with Crippen molar-refractivity contribution < 1.29 is 4.74 Å². The van der Waals surface area contributed by atoms with Gasteiger partial charge in [0.1, 0.15) is 18.0 Å². The van der Waals surface area contributed by atoms with E-state index in [4.69, 9.17) is 10.6 Å². The molecule has 0 unspecified atom stereocenters. The third kappa shape index (κ3) is 2.07. The van der Waals surface area contributed by atoms with Gasteiger partial charge in [0.25, 0.3) is 0 Å². The molecule has 0 radical (unpaired) electrons. The Morgan fingerprint density at radius 1 is 1.38 bits per heavy atom. The maximum Gasteiger partial charge on any atom is 0.148 e. The molecule has 1 aliphatic rings. The van der Waals surface area contributed by atoms with Crippen LogP contribution in [0.15, 0.2) is 6.33 Å². The minimum atomic E-state index is 0.381. The van der Waals surface area contributed by atoms with E-state index in [1.165, 1.54) is 6.33 Å². The fraction of sp³-hybridized carbons (Fsp3) is 0.600. The second kappa shape index (κ2) is 4.63. The smallest absolute Gasteiger partial charge is 0.148 e. The molecule has 0 saturated heterocycles. The topological polar surface area (TPSA) is 85.1 Å². The maximum atomic E-state index is 5.35. The molecule has 1 aliphatic carbocycles. The van der Waals surface area contributed by atoms with Crippen LogP contribution in [0.25, 0.3) is 0 Å². The van der Waals surface area contributed by atoms with Crippen molar-refractivity contribution in [3.8, 4) is 0 Å². The molecular weight excluding hydrogens is 206 g/mol. The Balaban J connectivity index is 2.00. The number of nitrogens with one attached hydrogen (secondary N) is 2.